The SMILES string of the molecule is CC1=CC2CC(c3sccc31)C2C. The summed E-state index contributed by atoms with van der Waals surface area (Å²) in [6, 6.07) is 2.29. The summed E-state index contributed by atoms with van der Waals surface area (Å²) in [7, 11) is 0. The van der Waals surface area contributed by atoms with Crippen molar-refractivity contribution in [2.24, 2.45) is 11.8 Å². The minimum absolute atomic E-state index is 0.865. The lowest BCUT2D eigenvalue weighted by atomic mass is 9.66. The van der Waals surface area contributed by atoms with Gasteiger partial charge in [-0.2, -0.15) is 0 Å². The summed E-state index contributed by atoms with van der Waals surface area (Å²) in [6.45, 7) is 4.66. The molecule has 1 fully saturated rings. The monoisotopic (exact) mass is 190 g/mol. The van der Waals surface area contributed by atoms with Crippen molar-refractivity contribution in [1.29, 1.82) is 0 Å². The molecule has 3 unspecified atom stereocenters. The maximum absolute atomic E-state index is 2.49. The van der Waals surface area contributed by atoms with Gasteiger partial charge in [-0.05, 0) is 53.7 Å². The van der Waals surface area contributed by atoms with Crippen LogP contribution in [0.2, 0.25) is 0 Å². The van der Waals surface area contributed by atoms with Crippen molar-refractivity contribution >= 4 is 16.9 Å². The fourth-order valence-electron chi connectivity index (χ4n) is 2.74. The highest BCUT2D eigenvalue weighted by Crippen LogP contribution is 2.54. The van der Waals surface area contributed by atoms with Crippen LogP contribution in [-0.4, -0.2) is 0 Å². The Morgan fingerprint density at radius 2 is 2.31 bits per heavy atom. The van der Waals surface area contributed by atoms with Gasteiger partial charge in [-0.3, -0.25) is 0 Å². The average Bonchev–Trinajstić information content (AvgIpc) is 2.51. The van der Waals surface area contributed by atoms with Crippen molar-refractivity contribution in [2.45, 2.75) is 26.2 Å². The first kappa shape index (κ1) is 7.81. The molecule has 3 atom stereocenters. The third-order valence-corrected chi connectivity index (χ3v) is 4.81. The Hall–Kier alpha value is -0.560. The molecule has 0 aromatic carbocycles. The van der Waals surface area contributed by atoms with Gasteiger partial charge in [-0.15, -0.1) is 11.3 Å². The van der Waals surface area contributed by atoms with E-state index in [1.165, 1.54) is 17.6 Å². The summed E-state index contributed by atoms with van der Waals surface area (Å²) in [6.07, 6.45) is 3.88. The lowest BCUT2D eigenvalue weighted by Crippen LogP contribution is -2.29. The van der Waals surface area contributed by atoms with Crippen LogP contribution >= 0.6 is 11.3 Å². The molecule has 1 saturated carbocycles. The Morgan fingerprint density at radius 1 is 1.46 bits per heavy atom. The van der Waals surface area contributed by atoms with Gasteiger partial charge >= 0.3 is 0 Å². The van der Waals surface area contributed by atoms with Crippen LogP contribution in [0.15, 0.2) is 17.5 Å². The Balaban J connectivity index is 2.19. The largest absolute Gasteiger partial charge is 0.148 e. The van der Waals surface area contributed by atoms with Gasteiger partial charge in [-0.25, -0.2) is 0 Å². The van der Waals surface area contributed by atoms with Gasteiger partial charge < -0.3 is 0 Å². The molecule has 1 heteroatoms. The molecule has 0 spiro atoms. The van der Waals surface area contributed by atoms with Crippen LogP contribution in [0.1, 0.15) is 36.6 Å². The number of hydrogen-bond donors (Lipinski definition) is 0. The first-order valence-electron chi connectivity index (χ1n) is 5.03. The molecule has 2 bridgehead atoms. The number of allylic oxidation sites excluding steroid dienone is 2. The Bertz CT molecular complexity index is 372. The van der Waals surface area contributed by atoms with E-state index in [9.17, 15) is 0 Å². The summed E-state index contributed by atoms with van der Waals surface area (Å²) >= 11 is 1.95. The van der Waals surface area contributed by atoms with E-state index in [-0.39, 0.29) is 0 Å². The van der Waals surface area contributed by atoms with Crippen LogP contribution in [0.3, 0.4) is 0 Å². The van der Waals surface area contributed by atoms with Gasteiger partial charge in [0.1, 0.15) is 0 Å². The molecular weight excluding hydrogens is 176 g/mol. The van der Waals surface area contributed by atoms with Crippen molar-refractivity contribution in [1.82, 2.24) is 0 Å². The van der Waals surface area contributed by atoms with Crippen LogP contribution in [0.25, 0.3) is 5.57 Å². The molecule has 0 saturated heterocycles. The molecule has 0 nitrogen and oxygen atoms in total. The molecule has 0 radical (unpaired) electrons. The summed E-state index contributed by atoms with van der Waals surface area (Å²) in [5.74, 6) is 2.62. The molecule has 1 aromatic rings. The van der Waals surface area contributed by atoms with E-state index >= 15 is 0 Å². The Morgan fingerprint density at radius 3 is 3.08 bits per heavy atom. The Labute approximate surface area is 83.3 Å². The van der Waals surface area contributed by atoms with Crippen LogP contribution in [-0.2, 0) is 0 Å². The third kappa shape index (κ3) is 0.912. The van der Waals surface area contributed by atoms with E-state index < -0.39 is 0 Å². The van der Waals surface area contributed by atoms with Crippen LogP contribution in [0, 0.1) is 11.8 Å². The van der Waals surface area contributed by atoms with Gasteiger partial charge in [0.05, 0.1) is 0 Å². The quantitative estimate of drug-likeness (QED) is 0.582. The van der Waals surface area contributed by atoms with Gasteiger partial charge in [0.2, 0.25) is 0 Å². The van der Waals surface area contributed by atoms with E-state index in [4.69, 9.17) is 0 Å². The average molecular weight is 190 g/mol. The standard InChI is InChI=1S/C12H14S/c1-7-5-9-6-11(8(9)2)12-10(7)3-4-13-12/h3-5,8-9,11H,6H2,1-2H3. The minimum Gasteiger partial charge on any atom is -0.148 e. The highest BCUT2D eigenvalue weighted by molar-refractivity contribution is 7.10. The zero-order valence-corrected chi connectivity index (χ0v) is 8.90. The van der Waals surface area contributed by atoms with Crippen molar-refractivity contribution in [3.63, 3.8) is 0 Å². The number of hydrogen-bond acceptors (Lipinski definition) is 1. The smallest absolute Gasteiger partial charge is 0.0154 e. The second kappa shape index (κ2) is 2.48. The van der Waals surface area contributed by atoms with Gasteiger partial charge in [0.15, 0.2) is 0 Å². The third-order valence-electron chi connectivity index (χ3n) is 3.76. The van der Waals surface area contributed by atoms with E-state index in [1.807, 2.05) is 11.3 Å². The molecule has 0 aliphatic heterocycles. The fraction of sp³-hybridized carbons (Fsp3) is 0.500. The van der Waals surface area contributed by atoms with Crippen LogP contribution in [0.4, 0.5) is 0 Å². The molecule has 0 amide bonds. The molecule has 0 N–H and O–H groups in total. The van der Waals surface area contributed by atoms with E-state index in [2.05, 4.69) is 31.4 Å². The lowest BCUT2D eigenvalue weighted by molar-refractivity contribution is 0.203. The molecule has 13 heavy (non-hydrogen) atoms. The van der Waals surface area contributed by atoms with E-state index in [0.717, 1.165) is 17.8 Å². The highest BCUT2D eigenvalue weighted by Gasteiger charge is 2.41. The molecule has 3 aliphatic carbocycles. The molecule has 4 rings (SSSR count). The van der Waals surface area contributed by atoms with Gasteiger partial charge in [0.25, 0.3) is 0 Å². The zero-order valence-electron chi connectivity index (χ0n) is 8.08. The van der Waals surface area contributed by atoms with E-state index in [1.54, 1.807) is 4.88 Å². The van der Waals surface area contributed by atoms with Crippen molar-refractivity contribution < 1.29 is 0 Å². The normalized spacial score (nSPS) is 35.8. The van der Waals surface area contributed by atoms with Crippen molar-refractivity contribution in [2.75, 3.05) is 0 Å². The number of rotatable bonds is 0. The maximum atomic E-state index is 2.49. The maximum Gasteiger partial charge on any atom is 0.0154 e. The predicted octanol–water partition coefficient (Wildman–Crippen LogP) is 3.90. The molecule has 3 aliphatic rings. The molecule has 1 heterocycles. The van der Waals surface area contributed by atoms with Crippen LogP contribution < -0.4 is 0 Å². The van der Waals surface area contributed by atoms with Crippen molar-refractivity contribution in [3.8, 4) is 0 Å². The van der Waals surface area contributed by atoms with Crippen molar-refractivity contribution in [3.05, 3.63) is 28.0 Å². The first-order valence-corrected chi connectivity index (χ1v) is 5.91. The second-order valence-electron chi connectivity index (χ2n) is 4.41. The molecular formula is C12H14S. The first-order chi connectivity index (χ1) is 6.27. The topological polar surface area (TPSA) is 0 Å². The zero-order chi connectivity index (χ0) is 9.00. The Kier molecular flexibility index (Phi) is 1.49. The second-order valence-corrected chi connectivity index (χ2v) is 5.36. The predicted molar refractivity (Wildman–Crippen MR) is 58.0 cm³/mol. The summed E-state index contributed by atoms with van der Waals surface area (Å²) in [4.78, 5) is 1.65. The summed E-state index contributed by atoms with van der Waals surface area (Å²) in [5.41, 5.74) is 3.04. The van der Waals surface area contributed by atoms with Crippen LogP contribution in [0.5, 0.6) is 0 Å². The van der Waals surface area contributed by atoms with E-state index in [0.29, 0.717) is 0 Å². The lowest BCUT2D eigenvalue weighted by Gasteiger charge is -2.39. The van der Waals surface area contributed by atoms with Gasteiger partial charge in [0, 0.05) is 4.88 Å². The summed E-state index contributed by atoms with van der Waals surface area (Å²) < 4.78 is 0. The number of thiophene rings is 1. The minimum atomic E-state index is 0.865. The highest BCUT2D eigenvalue weighted by atomic mass is 32.1. The molecule has 68 valence electrons. The van der Waals surface area contributed by atoms with Gasteiger partial charge in [-0.1, -0.05) is 13.0 Å². The summed E-state index contributed by atoms with van der Waals surface area (Å²) in [5, 5.41) is 2.24. The fourth-order valence-corrected chi connectivity index (χ4v) is 3.93. The molecule has 1 aromatic heterocycles.